The van der Waals surface area contributed by atoms with E-state index in [9.17, 15) is 14.7 Å². The van der Waals surface area contributed by atoms with Crippen molar-refractivity contribution in [2.24, 2.45) is 0 Å². The molecule has 0 atom stereocenters. The molecule has 0 aromatic heterocycles. The number of anilines is 1. The number of carboxylic acids is 1. The van der Waals surface area contributed by atoms with Crippen LogP contribution in [0.5, 0.6) is 5.75 Å². The van der Waals surface area contributed by atoms with Gasteiger partial charge in [-0.1, -0.05) is 22.0 Å². The summed E-state index contributed by atoms with van der Waals surface area (Å²) in [5.74, 6) is -1.96. The molecule has 2 aromatic rings. The number of amides is 1. The minimum atomic E-state index is -1.16. The molecule has 0 spiro atoms. The second-order valence-electron chi connectivity index (χ2n) is 4.08. The van der Waals surface area contributed by atoms with Gasteiger partial charge in [0.15, 0.2) is 0 Å². The van der Waals surface area contributed by atoms with E-state index in [1.807, 2.05) is 0 Å². The summed E-state index contributed by atoms with van der Waals surface area (Å²) in [7, 11) is 0. The van der Waals surface area contributed by atoms with Crippen LogP contribution >= 0.6 is 31.9 Å². The predicted octanol–water partition coefficient (Wildman–Crippen LogP) is 3.87. The Morgan fingerprint density at radius 3 is 2.43 bits per heavy atom. The molecule has 2 rings (SSSR count). The third kappa shape index (κ3) is 3.43. The van der Waals surface area contributed by atoms with Crippen molar-refractivity contribution in [1.29, 1.82) is 0 Å². The quantitative estimate of drug-likeness (QED) is 0.711. The van der Waals surface area contributed by atoms with Crippen LogP contribution in [0.15, 0.2) is 45.3 Å². The zero-order chi connectivity index (χ0) is 15.6. The minimum absolute atomic E-state index is 0.0384. The van der Waals surface area contributed by atoms with E-state index in [-0.39, 0.29) is 22.6 Å². The molecule has 0 saturated carbocycles. The number of hydrogen-bond donors (Lipinski definition) is 3. The normalized spacial score (nSPS) is 10.2. The fraction of sp³-hybridized carbons (Fsp3) is 0. The van der Waals surface area contributed by atoms with Crippen LogP contribution in [0.25, 0.3) is 0 Å². The number of hydrogen-bond acceptors (Lipinski definition) is 3. The standard InChI is InChI=1S/C14H9Br2NO4/c15-7-4-5-11(18)9(6-7)13(19)17-12-8(14(20)21)2-1-3-10(12)16/h1-6,18H,(H,17,19)(H,20,21). The third-order valence-corrected chi connectivity index (χ3v) is 3.84. The summed E-state index contributed by atoms with van der Waals surface area (Å²) in [5.41, 5.74) is 0.123. The van der Waals surface area contributed by atoms with Crippen molar-refractivity contribution >= 4 is 49.4 Å². The minimum Gasteiger partial charge on any atom is -0.507 e. The summed E-state index contributed by atoms with van der Waals surface area (Å²) in [4.78, 5) is 23.4. The monoisotopic (exact) mass is 413 g/mol. The van der Waals surface area contributed by atoms with Crippen molar-refractivity contribution in [2.45, 2.75) is 0 Å². The van der Waals surface area contributed by atoms with E-state index in [4.69, 9.17) is 5.11 Å². The van der Waals surface area contributed by atoms with E-state index in [2.05, 4.69) is 37.2 Å². The molecule has 2 aromatic carbocycles. The smallest absolute Gasteiger partial charge is 0.337 e. The highest BCUT2D eigenvalue weighted by molar-refractivity contribution is 9.10. The Bertz CT molecular complexity index is 731. The second-order valence-corrected chi connectivity index (χ2v) is 5.85. The highest BCUT2D eigenvalue weighted by Gasteiger charge is 2.18. The first-order valence-corrected chi connectivity index (χ1v) is 7.30. The van der Waals surface area contributed by atoms with Gasteiger partial charge >= 0.3 is 5.97 Å². The van der Waals surface area contributed by atoms with Gasteiger partial charge in [0.2, 0.25) is 0 Å². The molecule has 0 aliphatic rings. The lowest BCUT2D eigenvalue weighted by Crippen LogP contribution is -2.15. The first-order chi connectivity index (χ1) is 9.90. The number of carboxylic acid groups (broad SMARTS) is 1. The van der Waals surface area contributed by atoms with Crippen molar-refractivity contribution < 1.29 is 19.8 Å². The zero-order valence-corrected chi connectivity index (χ0v) is 13.6. The Kier molecular flexibility index (Phi) is 4.64. The Balaban J connectivity index is 2.41. The van der Waals surface area contributed by atoms with Gasteiger partial charge in [0, 0.05) is 8.95 Å². The van der Waals surface area contributed by atoms with Crippen molar-refractivity contribution in [3.8, 4) is 5.75 Å². The Morgan fingerprint density at radius 1 is 1.05 bits per heavy atom. The molecular formula is C14H9Br2NO4. The van der Waals surface area contributed by atoms with Gasteiger partial charge in [-0.2, -0.15) is 0 Å². The molecule has 0 radical (unpaired) electrons. The van der Waals surface area contributed by atoms with Crippen LogP contribution < -0.4 is 5.32 Å². The second kappa shape index (κ2) is 6.28. The summed E-state index contributed by atoms with van der Waals surface area (Å²) in [6.07, 6.45) is 0. The van der Waals surface area contributed by atoms with Gasteiger partial charge in [-0.15, -0.1) is 0 Å². The number of rotatable bonds is 3. The molecule has 3 N–H and O–H groups in total. The number of phenols is 1. The first-order valence-electron chi connectivity index (χ1n) is 5.72. The van der Waals surface area contributed by atoms with Crippen LogP contribution in [0.1, 0.15) is 20.7 Å². The predicted molar refractivity (Wildman–Crippen MR) is 84.9 cm³/mol. The Hall–Kier alpha value is -1.86. The van der Waals surface area contributed by atoms with Crippen LogP contribution in [0.3, 0.4) is 0 Å². The largest absolute Gasteiger partial charge is 0.507 e. The molecule has 108 valence electrons. The van der Waals surface area contributed by atoms with E-state index in [1.165, 1.54) is 18.2 Å². The molecule has 0 heterocycles. The molecule has 0 bridgehead atoms. The molecule has 0 aliphatic carbocycles. The van der Waals surface area contributed by atoms with E-state index < -0.39 is 11.9 Å². The van der Waals surface area contributed by atoms with E-state index in [1.54, 1.807) is 18.2 Å². The van der Waals surface area contributed by atoms with Gasteiger partial charge in [0.1, 0.15) is 5.75 Å². The summed E-state index contributed by atoms with van der Waals surface area (Å²) in [6.45, 7) is 0. The Labute approximate surface area is 136 Å². The van der Waals surface area contributed by atoms with Crippen molar-refractivity contribution in [1.82, 2.24) is 0 Å². The number of aromatic carboxylic acids is 1. The highest BCUT2D eigenvalue weighted by Crippen LogP contribution is 2.29. The fourth-order valence-electron chi connectivity index (χ4n) is 1.70. The average Bonchev–Trinajstić information content (AvgIpc) is 2.43. The lowest BCUT2D eigenvalue weighted by molar-refractivity contribution is 0.0698. The number of halogens is 2. The highest BCUT2D eigenvalue weighted by atomic mass is 79.9. The number of carbonyl (C=O) groups excluding carboxylic acids is 1. The van der Waals surface area contributed by atoms with Crippen LogP contribution in [0.4, 0.5) is 5.69 Å². The van der Waals surface area contributed by atoms with Crippen molar-refractivity contribution in [3.05, 3.63) is 56.5 Å². The van der Waals surface area contributed by atoms with Gasteiger partial charge < -0.3 is 15.5 Å². The van der Waals surface area contributed by atoms with Gasteiger partial charge in [0.25, 0.3) is 5.91 Å². The summed E-state index contributed by atoms with van der Waals surface area (Å²) in [5, 5.41) is 21.4. The molecule has 0 fully saturated rings. The van der Waals surface area contributed by atoms with Gasteiger partial charge in [-0.25, -0.2) is 4.79 Å². The maximum absolute atomic E-state index is 12.2. The lowest BCUT2D eigenvalue weighted by Gasteiger charge is -2.11. The first kappa shape index (κ1) is 15.5. The molecular weight excluding hydrogens is 406 g/mol. The van der Waals surface area contributed by atoms with Crippen LogP contribution in [0, 0.1) is 0 Å². The van der Waals surface area contributed by atoms with E-state index in [0.29, 0.717) is 8.95 Å². The topological polar surface area (TPSA) is 86.6 Å². The van der Waals surface area contributed by atoms with E-state index in [0.717, 1.165) is 0 Å². The van der Waals surface area contributed by atoms with Gasteiger partial charge in [-0.05, 0) is 46.3 Å². The summed E-state index contributed by atoms with van der Waals surface area (Å²) >= 11 is 6.41. The maximum Gasteiger partial charge on any atom is 0.337 e. The average molecular weight is 415 g/mol. The fourth-order valence-corrected chi connectivity index (χ4v) is 2.53. The number of phenolic OH excluding ortho intramolecular Hbond substituents is 1. The molecule has 0 saturated heterocycles. The SMILES string of the molecule is O=C(Nc1c(Br)cccc1C(=O)O)c1cc(Br)ccc1O. The molecule has 21 heavy (non-hydrogen) atoms. The molecule has 1 amide bonds. The van der Waals surface area contributed by atoms with Crippen LogP contribution in [-0.2, 0) is 0 Å². The van der Waals surface area contributed by atoms with Crippen molar-refractivity contribution in [2.75, 3.05) is 5.32 Å². The molecule has 0 aliphatic heterocycles. The summed E-state index contributed by atoms with van der Waals surface area (Å²) < 4.78 is 1.06. The molecule has 5 nitrogen and oxygen atoms in total. The van der Waals surface area contributed by atoms with Crippen LogP contribution in [0.2, 0.25) is 0 Å². The van der Waals surface area contributed by atoms with E-state index >= 15 is 0 Å². The summed E-state index contributed by atoms with van der Waals surface area (Å²) in [6, 6.07) is 8.96. The maximum atomic E-state index is 12.2. The third-order valence-electron chi connectivity index (χ3n) is 2.69. The number of aromatic hydroxyl groups is 1. The van der Waals surface area contributed by atoms with Gasteiger partial charge in [0.05, 0.1) is 16.8 Å². The lowest BCUT2D eigenvalue weighted by atomic mass is 10.1. The molecule has 7 heteroatoms. The van der Waals surface area contributed by atoms with Crippen LogP contribution in [-0.4, -0.2) is 22.1 Å². The molecule has 0 unspecified atom stereocenters. The zero-order valence-electron chi connectivity index (χ0n) is 10.4. The number of benzene rings is 2. The van der Waals surface area contributed by atoms with Gasteiger partial charge in [-0.3, -0.25) is 4.79 Å². The number of carbonyl (C=O) groups is 2. The Morgan fingerprint density at radius 2 is 1.76 bits per heavy atom. The number of para-hydroxylation sites is 1. The van der Waals surface area contributed by atoms with Crippen molar-refractivity contribution in [3.63, 3.8) is 0 Å². The number of nitrogens with one attached hydrogen (secondary N) is 1.